The summed E-state index contributed by atoms with van der Waals surface area (Å²) in [7, 11) is 1.56. The number of pyridine rings is 1. The maximum atomic E-state index is 12.4. The normalized spacial score (nSPS) is 11.5. The Hall–Kier alpha value is -1.75. The van der Waals surface area contributed by atoms with Crippen LogP contribution in [0.2, 0.25) is 5.15 Å². The summed E-state index contributed by atoms with van der Waals surface area (Å²) in [5.41, 5.74) is 1.24. The van der Waals surface area contributed by atoms with E-state index in [9.17, 15) is 13.2 Å². The van der Waals surface area contributed by atoms with Crippen LogP contribution >= 0.6 is 35.6 Å². The molecule has 0 amide bonds. The first-order valence-electron chi connectivity index (χ1n) is 7.26. The number of benzene rings is 1. The lowest BCUT2D eigenvalue weighted by Gasteiger charge is -2.15. The lowest BCUT2D eigenvalue weighted by atomic mass is 10.2. The van der Waals surface area contributed by atoms with E-state index in [1.165, 1.54) is 12.1 Å². The molecule has 10 heteroatoms. The SMILES string of the molecule is CN=C(NCc1ccc(Cl)nc1)NCc1ccccc1OC(F)(F)F.I. The summed E-state index contributed by atoms with van der Waals surface area (Å²) >= 11 is 5.72. The van der Waals surface area contributed by atoms with Crippen molar-refractivity contribution in [3.05, 3.63) is 58.9 Å². The van der Waals surface area contributed by atoms with Crippen molar-refractivity contribution in [3.63, 3.8) is 0 Å². The van der Waals surface area contributed by atoms with Gasteiger partial charge in [-0.2, -0.15) is 0 Å². The minimum atomic E-state index is -4.74. The Kier molecular flexibility index (Phi) is 8.93. The highest BCUT2D eigenvalue weighted by Gasteiger charge is 2.31. The Labute approximate surface area is 171 Å². The summed E-state index contributed by atoms with van der Waals surface area (Å²) in [6, 6.07) is 9.40. The second-order valence-electron chi connectivity index (χ2n) is 4.92. The van der Waals surface area contributed by atoms with Crippen molar-refractivity contribution < 1.29 is 17.9 Å². The van der Waals surface area contributed by atoms with Crippen LogP contribution in [0.5, 0.6) is 5.75 Å². The van der Waals surface area contributed by atoms with Gasteiger partial charge in [-0.1, -0.05) is 35.9 Å². The topological polar surface area (TPSA) is 58.5 Å². The van der Waals surface area contributed by atoms with Gasteiger partial charge in [0.15, 0.2) is 5.96 Å². The molecule has 2 aromatic rings. The van der Waals surface area contributed by atoms with E-state index in [0.29, 0.717) is 23.2 Å². The third-order valence-corrected chi connectivity index (χ3v) is 3.34. The number of hydrogen-bond acceptors (Lipinski definition) is 3. The van der Waals surface area contributed by atoms with Gasteiger partial charge in [0.25, 0.3) is 0 Å². The average Bonchev–Trinajstić information content (AvgIpc) is 2.56. The van der Waals surface area contributed by atoms with E-state index in [0.717, 1.165) is 5.56 Å². The van der Waals surface area contributed by atoms with Crippen LogP contribution in [0.3, 0.4) is 0 Å². The molecule has 0 radical (unpaired) electrons. The zero-order valence-electron chi connectivity index (χ0n) is 13.7. The number of aliphatic imine (C=N–C) groups is 1. The summed E-state index contributed by atoms with van der Waals surface area (Å²) in [5, 5.41) is 6.37. The van der Waals surface area contributed by atoms with Crippen LogP contribution in [-0.4, -0.2) is 24.4 Å². The van der Waals surface area contributed by atoms with Gasteiger partial charge < -0.3 is 15.4 Å². The minimum Gasteiger partial charge on any atom is -0.405 e. The van der Waals surface area contributed by atoms with Gasteiger partial charge in [-0.15, -0.1) is 37.1 Å². The highest BCUT2D eigenvalue weighted by molar-refractivity contribution is 14.0. The van der Waals surface area contributed by atoms with Crippen molar-refractivity contribution in [1.29, 1.82) is 0 Å². The second-order valence-corrected chi connectivity index (χ2v) is 5.31. The maximum Gasteiger partial charge on any atom is 0.573 e. The largest absolute Gasteiger partial charge is 0.573 e. The van der Waals surface area contributed by atoms with Gasteiger partial charge in [0, 0.05) is 31.9 Å². The van der Waals surface area contributed by atoms with Crippen molar-refractivity contribution in [1.82, 2.24) is 15.6 Å². The Morgan fingerprint density at radius 1 is 1.15 bits per heavy atom. The fourth-order valence-electron chi connectivity index (χ4n) is 1.97. The zero-order chi connectivity index (χ0) is 18.3. The van der Waals surface area contributed by atoms with Gasteiger partial charge in [0.1, 0.15) is 10.9 Å². The summed E-state index contributed by atoms with van der Waals surface area (Å²) in [4.78, 5) is 7.99. The Morgan fingerprint density at radius 3 is 2.46 bits per heavy atom. The van der Waals surface area contributed by atoms with Crippen molar-refractivity contribution in [2.24, 2.45) is 4.99 Å². The Balaban J connectivity index is 0.00000338. The summed E-state index contributed by atoms with van der Waals surface area (Å²) in [5.74, 6) is 0.177. The molecule has 2 rings (SSSR count). The molecule has 0 aliphatic rings. The van der Waals surface area contributed by atoms with E-state index in [-0.39, 0.29) is 36.3 Å². The first kappa shape index (κ1) is 22.3. The minimum absolute atomic E-state index is 0. The number of hydrogen-bond donors (Lipinski definition) is 2. The molecule has 5 nitrogen and oxygen atoms in total. The van der Waals surface area contributed by atoms with Crippen molar-refractivity contribution in [3.8, 4) is 5.75 Å². The molecule has 1 aromatic heterocycles. The summed E-state index contributed by atoms with van der Waals surface area (Å²) in [6.07, 6.45) is -3.12. The van der Waals surface area contributed by atoms with E-state index < -0.39 is 6.36 Å². The number of ether oxygens (including phenoxy) is 1. The van der Waals surface area contributed by atoms with Crippen LogP contribution in [0.25, 0.3) is 0 Å². The molecular weight excluding hydrogens is 484 g/mol. The molecule has 0 aliphatic heterocycles. The molecule has 0 spiro atoms. The molecule has 0 aliphatic carbocycles. The van der Waals surface area contributed by atoms with E-state index in [1.807, 2.05) is 6.07 Å². The first-order chi connectivity index (χ1) is 11.9. The maximum absolute atomic E-state index is 12.4. The number of nitrogens with one attached hydrogen (secondary N) is 2. The molecule has 0 atom stereocenters. The molecule has 0 saturated heterocycles. The molecule has 142 valence electrons. The fraction of sp³-hybridized carbons (Fsp3) is 0.250. The lowest BCUT2D eigenvalue weighted by molar-refractivity contribution is -0.274. The molecule has 0 unspecified atom stereocenters. The zero-order valence-corrected chi connectivity index (χ0v) is 16.8. The van der Waals surface area contributed by atoms with Gasteiger partial charge in [0.2, 0.25) is 0 Å². The average molecular weight is 501 g/mol. The van der Waals surface area contributed by atoms with Crippen LogP contribution in [0.15, 0.2) is 47.6 Å². The van der Waals surface area contributed by atoms with Gasteiger partial charge in [-0.05, 0) is 17.7 Å². The van der Waals surface area contributed by atoms with Gasteiger partial charge in [0.05, 0.1) is 0 Å². The molecule has 2 N–H and O–H groups in total. The summed E-state index contributed by atoms with van der Waals surface area (Å²) < 4.78 is 41.3. The van der Waals surface area contributed by atoms with E-state index in [2.05, 4.69) is 25.3 Å². The highest BCUT2D eigenvalue weighted by Crippen LogP contribution is 2.26. The van der Waals surface area contributed by atoms with Crippen LogP contribution in [0.4, 0.5) is 13.2 Å². The smallest absolute Gasteiger partial charge is 0.405 e. The monoisotopic (exact) mass is 500 g/mol. The predicted molar refractivity (Wildman–Crippen MR) is 105 cm³/mol. The second kappa shape index (κ2) is 10.4. The van der Waals surface area contributed by atoms with Gasteiger partial charge in [-0.25, -0.2) is 4.98 Å². The Bertz CT molecular complexity index is 726. The number of alkyl halides is 3. The van der Waals surface area contributed by atoms with Crippen LogP contribution in [0.1, 0.15) is 11.1 Å². The number of para-hydroxylation sites is 1. The van der Waals surface area contributed by atoms with Gasteiger partial charge >= 0.3 is 6.36 Å². The number of aromatic nitrogens is 1. The van der Waals surface area contributed by atoms with Crippen LogP contribution < -0.4 is 15.4 Å². The van der Waals surface area contributed by atoms with Crippen molar-refractivity contribution in [2.45, 2.75) is 19.5 Å². The van der Waals surface area contributed by atoms with Crippen molar-refractivity contribution in [2.75, 3.05) is 7.05 Å². The number of guanidine groups is 1. The molecule has 0 fully saturated rings. The standard InChI is InChI=1S/C16H16ClF3N4O.HI/c1-21-15(23-9-11-6-7-14(17)22-8-11)24-10-12-4-2-3-5-13(12)25-16(18,19)20;/h2-8H,9-10H2,1H3,(H2,21,23,24);1H. The lowest BCUT2D eigenvalue weighted by Crippen LogP contribution is -2.36. The van der Waals surface area contributed by atoms with Gasteiger partial charge in [-0.3, -0.25) is 4.99 Å². The number of halogens is 5. The van der Waals surface area contributed by atoms with E-state index in [1.54, 1.807) is 31.4 Å². The fourth-order valence-corrected chi connectivity index (χ4v) is 2.08. The number of nitrogens with zero attached hydrogens (tertiary/aromatic N) is 2. The van der Waals surface area contributed by atoms with E-state index >= 15 is 0 Å². The third kappa shape index (κ3) is 7.65. The molecule has 26 heavy (non-hydrogen) atoms. The first-order valence-corrected chi connectivity index (χ1v) is 7.64. The van der Waals surface area contributed by atoms with Crippen molar-refractivity contribution >= 4 is 41.5 Å². The van der Waals surface area contributed by atoms with Crippen LogP contribution in [-0.2, 0) is 13.1 Å². The third-order valence-electron chi connectivity index (χ3n) is 3.12. The summed E-state index contributed by atoms with van der Waals surface area (Å²) in [6.45, 7) is 0.551. The molecular formula is C16H17ClF3IN4O. The Morgan fingerprint density at radius 2 is 1.85 bits per heavy atom. The highest BCUT2D eigenvalue weighted by atomic mass is 127. The molecule has 1 aromatic carbocycles. The van der Waals surface area contributed by atoms with Crippen LogP contribution in [0, 0.1) is 0 Å². The number of rotatable bonds is 5. The quantitative estimate of drug-likeness (QED) is 0.281. The molecule has 1 heterocycles. The predicted octanol–water partition coefficient (Wildman–Crippen LogP) is 4.12. The molecule has 0 bridgehead atoms. The van der Waals surface area contributed by atoms with E-state index in [4.69, 9.17) is 11.6 Å². The molecule has 0 saturated carbocycles.